The van der Waals surface area contributed by atoms with Crippen molar-refractivity contribution in [3.05, 3.63) is 0 Å². The highest BCUT2D eigenvalue weighted by Gasteiger charge is 2.44. The van der Waals surface area contributed by atoms with E-state index < -0.39 is 15.2 Å². The van der Waals surface area contributed by atoms with E-state index in [1.807, 2.05) is 0 Å². The van der Waals surface area contributed by atoms with Gasteiger partial charge in [-0.05, 0) is 0 Å². The molecule has 0 fully saturated rings. The molecular formula is C4Cl12. The van der Waals surface area contributed by atoms with Gasteiger partial charge in [-0.2, -0.15) is 0 Å². The molecule has 12 heteroatoms. The highest BCUT2D eigenvalue weighted by molar-refractivity contribution is 6.84. The molecule has 16 heavy (non-hydrogen) atoms. The van der Waals surface area contributed by atoms with Crippen LogP contribution in [0.1, 0.15) is 0 Å². The van der Waals surface area contributed by atoms with Crippen LogP contribution < -0.4 is 0 Å². The lowest BCUT2D eigenvalue weighted by atomic mass is 10.9. The van der Waals surface area contributed by atoms with Crippen LogP contribution >= 0.6 is 139 Å². The van der Waals surface area contributed by atoms with Gasteiger partial charge in [0.15, 0.2) is 0 Å². The summed E-state index contributed by atoms with van der Waals surface area (Å²) in [6.45, 7) is 0. The molecule has 0 saturated heterocycles. The fraction of sp³-hybridized carbons (Fsp3) is 1.00. The van der Waals surface area contributed by atoms with Gasteiger partial charge in [0.25, 0.3) is 0 Å². The second-order valence-electron chi connectivity index (χ2n) is 1.99. The molecule has 0 aromatic carbocycles. The van der Waals surface area contributed by atoms with E-state index in [4.69, 9.17) is 139 Å². The highest BCUT2D eigenvalue weighted by atomic mass is 35.6. The van der Waals surface area contributed by atoms with Gasteiger partial charge in [0.1, 0.15) is 0 Å². The molecule has 0 nitrogen and oxygen atoms in total. The molecule has 0 amide bonds. The third-order valence-corrected chi connectivity index (χ3v) is 5.79. The smallest absolute Gasteiger partial charge is 0.0788 e. The molecular weight excluding hydrogens is 473 g/mol. The van der Waals surface area contributed by atoms with Gasteiger partial charge in [0.05, 0.1) is 0 Å². The topological polar surface area (TPSA) is 0 Å². The van der Waals surface area contributed by atoms with Crippen molar-refractivity contribution in [2.24, 2.45) is 0 Å². The molecule has 0 saturated carbocycles. The van der Waals surface area contributed by atoms with Crippen molar-refractivity contribution < 1.29 is 0 Å². The molecule has 0 rings (SSSR count). The number of hydrogen-bond donors (Lipinski definition) is 0. The van der Waals surface area contributed by atoms with Crippen molar-refractivity contribution in [2.75, 3.05) is 0 Å². The highest BCUT2D eigenvalue weighted by Crippen LogP contribution is 2.49. The summed E-state index contributed by atoms with van der Waals surface area (Å²) in [5, 5.41) is 0. The summed E-state index contributed by atoms with van der Waals surface area (Å²) in [7, 11) is 0. The maximum absolute atomic E-state index is 5.14. The lowest BCUT2D eigenvalue weighted by Gasteiger charge is -2.19. The Bertz CT molecular complexity index is 147. The van der Waals surface area contributed by atoms with E-state index in [2.05, 4.69) is 0 Å². The van der Waals surface area contributed by atoms with Crippen molar-refractivity contribution in [2.45, 2.75) is 15.2 Å². The SMILES string of the molecule is ClC(Cl)(Cl)C(Cl)(Cl)Cl.ClC(Cl)(Cl)C(Cl)(Cl)Cl. The van der Waals surface area contributed by atoms with Crippen molar-refractivity contribution >= 4 is 139 Å². The van der Waals surface area contributed by atoms with Gasteiger partial charge in [-0.3, -0.25) is 0 Å². The van der Waals surface area contributed by atoms with Crippen LogP contribution in [-0.2, 0) is 0 Å². The Morgan fingerprint density at radius 1 is 0.250 bits per heavy atom. The van der Waals surface area contributed by atoms with Crippen LogP contribution in [0.2, 0.25) is 0 Å². The second-order valence-corrected chi connectivity index (χ2v) is 11.1. The van der Waals surface area contributed by atoms with Crippen LogP contribution in [0.4, 0.5) is 0 Å². The minimum atomic E-state index is -1.85. The van der Waals surface area contributed by atoms with Crippen molar-refractivity contribution in [1.29, 1.82) is 0 Å². The van der Waals surface area contributed by atoms with E-state index in [-0.39, 0.29) is 0 Å². The normalized spacial score (nSPS) is 14.2. The van der Waals surface area contributed by atoms with E-state index in [1.54, 1.807) is 0 Å². The summed E-state index contributed by atoms with van der Waals surface area (Å²) in [5.74, 6) is 0. The Morgan fingerprint density at radius 2 is 0.312 bits per heavy atom. The van der Waals surface area contributed by atoms with Gasteiger partial charge in [0, 0.05) is 0 Å². The average Bonchev–Trinajstić information content (AvgIpc) is 1.77. The minimum absolute atomic E-state index is 1.85. The predicted molar refractivity (Wildman–Crippen MR) is 81.2 cm³/mol. The Morgan fingerprint density at radius 3 is 0.312 bits per heavy atom. The van der Waals surface area contributed by atoms with E-state index in [0.29, 0.717) is 0 Å². The zero-order chi connectivity index (χ0) is 14.0. The van der Waals surface area contributed by atoms with Crippen LogP contribution in [-0.4, -0.2) is 15.2 Å². The standard InChI is InChI=1S/2C2Cl6/c2*3-1(4,5)2(6,7)8. The second kappa shape index (κ2) is 7.48. The molecule has 0 bridgehead atoms. The van der Waals surface area contributed by atoms with E-state index in [9.17, 15) is 0 Å². The Kier molecular flexibility index (Phi) is 10.2. The largest absolute Gasteiger partial charge is 0.236 e. The molecule has 0 spiro atoms. The molecule has 100 valence electrons. The maximum Gasteiger partial charge on any atom is 0.236 e. The first-order chi connectivity index (χ1) is 6.50. The Labute approximate surface area is 152 Å². The summed E-state index contributed by atoms with van der Waals surface area (Å²) < 4.78 is -7.40. The molecule has 0 aliphatic carbocycles. The zero-order valence-electron chi connectivity index (χ0n) is 6.54. The van der Waals surface area contributed by atoms with Crippen molar-refractivity contribution in [1.82, 2.24) is 0 Å². The quantitative estimate of drug-likeness (QED) is 0.321. The van der Waals surface area contributed by atoms with Crippen LogP contribution in [0.3, 0.4) is 0 Å². The monoisotopic (exact) mass is 468 g/mol. The van der Waals surface area contributed by atoms with Gasteiger partial charge in [-0.15, -0.1) is 0 Å². The van der Waals surface area contributed by atoms with Crippen LogP contribution in [0.25, 0.3) is 0 Å². The van der Waals surface area contributed by atoms with Gasteiger partial charge in [-0.1, -0.05) is 139 Å². The van der Waals surface area contributed by atoms with E-state index in [0.717, 1.165) is 0 Å². The number of halogens is 12. The predicted octanol–water partition coefficient (Wildman–Crippen LogP) is 7.45. The van der Waals surface area contributed by atoms with Crippen LogP contribution in [0.15, 0.2) is 0 Å². The molecule has 0 N–H and O–H groups in total. The summed E-state index contributed by atoms with van der Waals surface area (Å²) in [6, 6.07) is 0. The molecule has 0 heterocycles. The van der Waals surface area contributed by atoms with Gasteiger partial charge >= 0.3 is 0 Å². The Balaban J connectivity index is 0. The number of hydrogen-bond acceptors (Lipinski definition) is 0. The molecule has 0 aliphatic heterocycles. The van der Waals surface area contributed by atoms with Crippen LogP contribution in [0.5, 0.6) is 0 Å². The molecule has 0 unspecified atom stereocenters. The van der Waals surface area contributed by atoms with Gasteiger partial charge in [-0.25, -0.2) is 0 Å². The number of alkyl halides is 12. The van der Waals surface area contributed by atoms with Crippen LogP contribution in [0, 0.1) is 0 Å². The third kappa shape index (κ3) is 10.3. The van der Waals surface area contributed by atoms with E-state index >= 15 is 0 Å². The molecule has 0 atom stereocenters. The Hall–Kier alpha value is 3.48. The molecule has 0 aromatic rings. The van der Waals surface area contributed by atoms with Crippen molar-refractivity contribution in [3.63, 3.8) is 0 Å². The number of rotatable bonds is 0. The van der Waals surface area contributed by atoms with Crippen molar-refractivity contribution in [3.8, 4) is 0 Å². The lowest BCUT2D eigenvalue weighted by Crippen LogP contribution is -2.23. The first-order valence-corrected chi connectivity index (χ1v) is 7.30. The molecule has 0 radical (unpaired) electrons. The zero-order valence-corrected chi connectivity index (χ0v) is 15.6. The van der Waals surface area contributed by atoms with E-state index in [1.165, 1.54) is 0 Å². The summed E-state index contributed by atoms with van der Waals surface area (Å²) in [4.78, 5) is 0. The fourth-order valence-electron chi connectivity index (χ4n) is 0. The fourth-order valence-corrected chi connectivity index (χ4v) is 0. The summed E-state index contributed by atoms with van der Waals surface area (Å²) >= 11 is 61.7. The first-order valence-electron chi connectivity index (χ1n) is 2.77. The minimum Gasteiger partial charge on any atom is -0.0788 e. The average molecular weight is 473 g/mol. The third-order valence-electron chi connectivity index (χ3n) is 0.643. The lowest BCUT2D eigenvalue weighted by molar-refractivity contribution is 1.10. The summed E-state index contributed by atoms with van der Waals surface area (Å²) in [6.07, 6.45) is 0. The summed E-state index contributed by atoms with van der Waals surface area (Å²) in [5.41, 5.74) is 0. The van der Waals surface area contributed by atoms with Gasteiger partial charge < -0.3 is 0 Å². The molecule has 0 aromatic heterocycles. The maximum atomic E-state index is 5.14. The first kappa shape index (κ1) is 21.8. The molecule has 0 aliphatic rings. The van der Waals surface area contributed by atoms with Gasteiger partial charge in [0.2, 0.25) is 15.2 Å².